The summed E-state index contributed by atoms with van der Waals surface area (Å²) in [5, 5.41) is 50.4. The van der Waals surface area contributed by atoms with Crippen LogP contribution < -0.4 is 47.7 Å². The van der Waals surface area contributed by atoms with Crippen LogP contribution in [0.2, 0.25) is 0 Å². The number of Topliss-reactive ketones (excluding diaryl/α,β-unsaturated/α-hetero) is 1. The van der Waals surface area contributed by atoms with Crippen LogP contribution in [0.15, 0.2) is 205 Å². The zero-order valence-electron chi connectivity index (χ0n) is 79.7. The van der Waals surface area contributed by atoms with E-state index >= 15 is 0 Å². The molecular weight excluding hydrogens is 1730 g/mol. The predicted octanol–water partition coefficient (Wildman–Crippen LogP) is 21.5. The monoisotopic (exact) mass is 1860 g/mol. The number of hydrogen-bond acceptors (Lipinski definition) is 22. The van der Waals surface area contributed by atoms with E-state index in [-0.39, 0.29) is 83.3 Å². The Labute approximate surface area is 802 Å². The molecule has 0 bridgehead atoms. The van der Waals surface area contributed by atoms with E-state index < -0.39 is 6.04 Å². The molecule has 11 aromatic rings. The third-order valence-corrected chi connectivity index (χ3v) is 27.5. The number of nitrogens with zero attached hydrogens (tertiary/aromatic N) is 6. The Kier molecular flexibility index (Phi) is 34.7. The fourth-order valence-electron chi connectivity index (χ4n) is 18.8. The minimum Gasteiger partial charge on any atom is -0.497 e. The van der Waals surface area contributed by atoms with Crippen LogP contribution in [0.3, 0.4) is 0 Å². The quantitative estimate of drug-likeness (QED) is 0.0184. The maximum atomic E-state index is 13.1. The second-order valence-electron chi connectivity index (χ2n) is 39.6. The van der Waals surface area contributed by atoms with Gasteiger partial charge in [0.25, 0.3) is 35.4 Å². The fourth-order valence-corrected chi connectivity index (χ4v) is 18.8. The van der Waals surface area contributed by atoms with Crippen LogP contribution in [0.5, 0.6) is 5.75 Å². The number of amides is 6. The molecule has 8 fully saturated rings. The Morgan fingerprint density at radius 1 is 0.438 bits per heavy atom. The first-order chi connectivity index (χ1) is 66.6. The van der Waals surface area contributed by atoms with Gasteiger partial charge in [-0.2, -0.15) is 0 Å². The summed E-state index contributed by atoms with van der Waals surface area (Å²) in [6.45, 7) is 9.41. The molecule has 6 amide bonds. The van der Waals surface area contributed by atoms with Gasteiger partial charge in [-0.3, -0.25) is 33.6 Å². The summed E-state index contributed by atoms with van der Waals surface area (Å²) < 4.78 is 31.7. The number of hydrogen-bond donors (Lipinski definition) is 9. The molecule has 0 saturated heterocycles. The highest BCUT2D eigenvalue weighted by molar-refractivity contribution is 6.04. The van der Waals surface area contributed by atoms with Gasteiger partial charge in [0.05, 0.1) is 43.2 Å². The van der Waals surface area contributed by atoms with Crippen LogP contribution in [-0.4, -0.2) is 103 Å². The number of aromatic nitrogens is 6. The van der Waals surface area contributed by atoms with E-state index in [1.165, 1.54) is 62.3 Å². The fraction of sp³-hybridized carbons (Fsp3) is 0.477. The lowest BCUT2D eigenvalue weighted by molar-refractivity contribution is -0.122. The predicted molar refractivity (Wildman–Crippen MR) is 522 cm³/mol. The number of para-hydroxylation sites is 1. The molecule has 8 aliphatic rings. The van der Waals surface area contributed by atoms with Crippen LogP contribution in [0.4, 0.5) is 17.2 Å². The number of pyridine rings is 1. The Morgan fingerprint density at radius 2 is 0.905 bits per heavy atom. The second kappa shape index (κ2) is 48.2. The van der Waals surface area contributed by atoms with Gasteiger partial charge in [0.15, 0.2) is 34.3 Å². The number of anilines is 3. The van der Waals surface area contributed by atoms with Gasteiger partial charge in [-0.25, -0.2) is 4.98 Å². The van der Waals surface area contributed by atoms with E-state index in [0.717, 1.165) is 192 Å². The van der Waals surface area contributed by atoms with Crippen LogP contribution >= 0.6 is 0 Å². The lowest BCUT2D eigenvalue weighted by Gasteiger charge is -2.31. The van der Waals surface area contributed by atoms with Crippen molar-refractivity contribution in [3.63, 3.8) is 0 Å². The third kappa shape index (κ3) is 29.4. The lowest BCUT2D eigenvalue weighted by Crippen LogP contribution is -2.46. The van der Waals surface area contributed by atoms with E-state index in [9.17, 15) is 33.6 Å². The molecule has 5 aromatic carbocycles. The van der Waals surface area contributed by atoms with Gasteiger partial charge >= 0.3 is 0 Å². The number of ether oxygens (including phenoxy) is 1. The SMILES string of the molecule is CC1CCC(NC(=O)c2cc(CCCO)on2)CC1.COc1ccc(C(NC(=O)c2cc(C3CC3)on2)C(C)(C)C)cc1.Nc1ccc(NC(=O)c2cccc(C(NC(=O)c3cc(C4CC4)on3)C3CCCCC3)c2)cn1.O=C(NC(C(=O)CCc1ccccc1)C1CCCCC1)c1cc(C2CC2)on1.O=C(NC(c1cccc(CNc2ccccc2)c1)C1CCCCC1)c1cc(C2CC2)on1. The first kappa shape index (κ1) is 98.7. The molecule has 4 unspecified atom stereocenters. The summed E-state index contributed by atoms with van der Waals surface area (Å²) in [7, 11) is 1.64. The van der Waals surface area contributed by atoms with Crippen molar-refractivity contribution in [1.82, 2.24) is 57.4 Å². The number of aliphatic hydroxyl groups excluding tert-OH is 1. The van der Waals surface area contributed by atoms with Crippen molar-refractivity contribution in [1.29, 1.82) is 0 Å². The first-order valence-electron chi connectivity index (χ1n) is 49.8. The molecule has 6 aromatic heterocycles. The molecule has 6 heterocycles. The smallest absolute Gasteiger partial charge is 0.274 e. The average molecular weight is 1860 g/mol. The summed E-state index contributed by atoms with van der Waals surface area (Å²) in [5.74, 6) is 7.35. The normalized spacial score (nSPS) is 18.2. The summed E-state index contributed by atoms with van der Waals surface area (Å²) in [6.07, 6.45) is 34.2. The standard InChI is InChI=1S/C27H31N3O2.C26H29N5O3.C23H28N2O3.C19H24N2O3.C14H22N2O3/c31-27(24-17-25(32-30-24)20-14-15-20)29-26(21-9-3-1-4-10-21)22-11-7-8-19(16-22)18-28-23-12-5-2-6-13-23;27-23-12-11-20(15-28-23)29-25(32)19-8-4-7-18(13-19)24(17-5-2-1-3-6-17)30-26(33)21-14-22(34-31-21)16-9-10-16;26-20(14-11-16-7-3-1-4-8-16)22(18-9-5-2-6-10-18)24-23(27)19-15-21(28-25-19)17-12-13-17;1-19(2,3)17(13-7-9-14(23-4)10-8-13)20-18(22)15-11-16(24-21-15)12-5-6-12;1-10-4-6-11(7-5-10)15-14(18)13-9-12(19-16-13)3-2-8-17/h2,5-8,11-13,16-17,20-21,26,28H,1,3-4,9-10,14-15,18H2,(H,29,31);4,7-8,11-17,24H,1-3,5-6,9-10H2,(H2,27,28)(H,29,32)(H,30,33);1,3-4,7-8,15,17-18,22H,2,5-6,9-14H2,(H,24,27);7-12,17H,5-6H2,1-4H3,(H,20,22);9-11,17H,2-8H2,1H3,(H,15,18). The zero-order chi connectivity index (χ0) is 95.6. The van der Waals surface area contributed by atoms with Crippen molar-refractivity contribution in [3.8, 4) is 5.75 Å². The molecular formula is C109H134N14O14. The Bertz CT molecular complexity index is 5700. The van der Waals surface area contributed by atoms with Gasteiger partial charge in [-0.05, 0) is 234 Å². The van der Waals surface area contributed by atoms with Crippen LogP contribution in [0.25, 0.3) is 0 Å². The number of carbonyl (C=O) groups excluding carboxylic acids is 7. The summed E-state index contributed by atoms with van der Waals surface area (Å²) in [4.78, 5) is 93.5. The number of aliphatic hydroxyl groups is 1. The minimum atomic E-state index is -0.433. The van der Waals surface area contributed by atoms with Gasteiger partial charge < -0.3 is 75.4 Å². The van der Waals surface area contributed by atoms with Crippen LogP contribution in [0, 0.1) is 29.1 Å². The molecule has 0 radical (unpaired) electrons. The molecule has 4 atom stereocenters. The van der Waals surface area contributed by atoms with Crippen LogP contribution in [-0.2, 0) is 24.2 Å². The molecule has 8 saturated carbocycles. The highest BCUT2D eigenvalue weighted by Crippen LogP contribution is 2.45. The molecule has 19 rings (SSSR count). The van der Waals surface area contributed by atoms with Gasteiger partial charge in [0, 0.05) is 97.3 Å². The maximum absolute atomic E-state index is 13.1. The largest absolute Gasteiger partial charge is 0.497 e. The number of methoxy groups -OCH3 is 1. The first-order valence-corrected chi connectivity index (χ1v) is 49.8. The Balaban J connectivity index is 0.000000132. The summed E-state index contributed by atoms with van der Waals surface area (Å²) in [5.41, 5.74) is 14.8. The summed E-state index contributed by atoms with van der Waals surface area (Å²) in [6, 6.07) is 55.7. The molecule has 0 spiro atoms. The highest BCUT2D eigenvalue weighted by Gasteiger charge is 2.39. The number of rotatable bonds is 33. The van der Waals surface area contributed by atoms with E-state index in [4.69, 9.17) is 38.2 Å². The number of aryl methyl sites for hydroxylation is 2. The maximum Gasteiger partial charge on any atom is 0.274 e. The zero-order valence-corrected chi connectivity index (χ0v) is 79.7. The Hall–Kier alpha value is -12.9. The number of carbonyl (C=O) groups is 7. The summed E-state index contributed by atoms with van der Waals surface area (Å²) >= 11 is 0. The van der Waals surface area contributed by atoms with Crippen molar-refractivity contribution >= 4 is 58.4 Å². The van der Waals surface area contributed by atoms with E-state index in [1.54, 1.807) is 49.6 Å². The molecule has 28 nitrogen and oxygen atoms in total. The minimum absolute atomic E-state index is 0.0134. The van der Waals surface area contributed by atoms with Crippen LogP contribution in [0.1, 0.15) is 375 Å². The van der Waals surface area contributed by atoms with Gasteiger partial charge in [-0.15, -0.1) is 0 Å². The number of nitrogens with one attached hydrogen (secondary N) is 7. The third-order valence-electron chi connectivity index (χ3n) is 27.5. The number of nitrogens with two attached hydrogens (primary N) is 1. The van der Waals surface area contributed by atoms with Crippen molar-refractivity contribution in [2.24, 2.45) is 29.1 Å². The molecule has 0 aliphatic heterocycles. The highest BCUT2D eigenvalue weighted by atomic mass is 16.5. The molecule has 8 aliphatic carbocycles. The van der Waals surface area contributed by atoms with Crippen molar-refractivity contribution in [2.75, 3.05) is 30.1 Å². The topological polar surface area (TPSA) is 402 Å². The van der Waals surface area contributed by atoms with Crippen molar-refractivity contribution in [3.05, 3.63) is 273 Å². The number of benzene rings is 5. The number of nitrogen functional groups attached to an aromatic ring is 1. The second-order valence-corrected chi connectivity index (χ2v) is 39.6. The van der Waals surface area contributed by atoms with E-state index in [2.05, 4.69) is 132 Å². The van der Waals surface area contributed by atoms with E-state index in [1.807, 2.05) is 97.1 Å². The van der Waals surface area contributed by atoms with Gasteiger partial charge in [0.2, 0.25) is 0 Å². The Morgan fingerprint density at radius 3 is 1.39 bits per heavy atom. The number of ketones is 1. The lowest BCUT2D eigenvalue weighted by atomic mass is 9.80. The van der Waals surface area contributed by atoms with Crippen molar-refractivity contribution < 1.29 is 66.0 Å². The average Bonchev–Trinajstić information content (AvgIpc) is 1.29. The van der Waals surface area contributed by atoms with E-state index in [0.29, 0.717) is 112 Å². The molecule has 10 N–H and O–H groups in total. The molecule has 137 heavy (non-hydrogen) atoms. The molecule has 28 heteroatoms. The molecule has 724 valence electrons. The van der Waals surface area contributed by atoms with Gasteiger partial charge in [0.1, 0.15) is 40.4 Å². The van der Waals surface area contributed by atoms with Gasteiger partial charge in [-0.1, -0.05) is 208 Å². The van der Waals surface area contributed by atoms with Crippen molar-refractivity contribution in [2.45, 2.75) is 287 Å².